The second-order valence-corrected chi connectivity index (χ2v) is 9.12. The Morgan fingerprint density at radius 2 is 1.59 bits per heavy atom. The van der Waals surface area contributed by atoms with E-state index < -0.39 is 17.5 Å². The molecule has 0 radical (unpaired) electrons. The molecule has 1 saturated carbocycles. The van der Waals surface area contributed by atoms with Crippen molar-refractivity contribution in [3.8, 4) is 11.1 Å². The summed E-state index contributed by atoms with van der Waals surface area (Å²) in [4.78, 5) is 0. The van der Waals surface area contributed by atoms with Gasteiger partial charge in [0.15, 0.2) is 11.6 Å². The second-order valence-electron chi connectivity index (χ2n) is 9.12. The summed E-state index contributed by atoms with van der Waals surface area (Å²) in [5.41, 5.74) is 2.47. The fourth-order valence-corrected chi connectivity index (χ4v) is 5.02. The van der Waals surface area contributed by atoms with Gasteiger partial charge >= 0.3 is 0 Å². The summed E-state index contributed by atoms with van der Waals surface area (Å²) in [6, 6.07) is 12.7. The molecular weight excluding hydrogens is 405 g/mol. The third-order valence-corrected chi connectivity index (χ3v) is 7.05. The van der Waals surface area contributed by atoms with Crippen molar-refractivity contribution in [2.75, 3.05) is 0 Å². The van der Waals surface area contributed by atoms with Gasteiger partial charge in [0.2, 0.25) is 0 Å². The summed E-state index contributed by atoms with van der Waals surface area (Å²) in [7, 11) is 0. The summed E-state index contributed by atoms with van der Waals surface area (Å²) in [6.45, 7) is 5.98. The fraction of sp³-hybridized carbons (Fsp3) is 0.379. The summed E-state index contributed by atoms with van der Waals surface area (Å²) in [5.74, 6) is -1.61. The largest absolute Gasteiger partial charge is 0.206 e. The molecule has 0 nitrogen and oxygen atoms in total. The monoisotopic (exact) mass is 436 g/mol. The quantitative estimate of drug-likeness (QED) is 0.256. The van der Waals surface area contributed by atoms with E-state index in [4.69, 9.17) is 0 Å². The minimum absolute atomic E-state index is 0.176. The average molecular weight is 437 g/mol. The predicted molar refractivity (Wildman–Crippen MR) is 127 cm³/mol. The number of fused-ring (bicyclic) bond motifs is 1. The molecule has 4 rings (SSSR count). The maximum absolute atomic E-state index is 15.0. The Balaban J connectivity index is 1.62. The van der Waals surface area contributed by atoms with Crippen LogP contribution in [0.1, 0.15) is 68.9 Å². The average Bonchev–Trinajstić information content (AvgIpc) is 2.83. The first kappa shape index (κ1) is 22.6. The van der Waals surface area contributed by atoms with Crippen LogP contribution in [0.15, 0.2) is 55.1 Å². The smallest absolute Gasteiger partial charge is 0.170 e. The van der Waals surface area contributed by atoms with Crippen molar-refractivity contribution in [2.45, 2.75) is 64.2 Å². The lowest BCUT2D eigenvalue weighted by atomic mass is 9.78. The van der Waals surface area contributed by atoms with Crippen LogP contribution in [0.5, 0.6) is 0 Å². The predicted octanol–water partition coefficient (Wildman–Crippen LogP) is 9.12. The Morgan fingerprint density at radius 3 is 2.25 bits per heavy atom. The number of rotatable bonds is 7. The Hall–Kier alpha value is -2.55. The van der Waals surface area contributed by atoms with Crippen LogP contribution in [0.25, 0.3) is 21.9 Å². The van der Waals surface area contributed by atoms with E-state index in [1.54, 1.807) is 18.2 Å². The number of benzene rings is 3. The molecule has 0 aliphatic heterocycles. The van der Waals surface area contributed by atoms with Crippen molar-refractivity contribution in [3.05, 3.63) is 83.7 Å². The van der Waals surface area contributed by atoms with Crippen molar-refractivity contribution in [2.24, 2.45) is 5.92 Å². The summed E-state index contributed by atoms with van der Waals surface area (Å²) in [5, 5.41) is 0.151. The molecule has 168 valence electrons. The molecule has 1 aliphatic carbocycles. The second kappa shape index (κ2) is 9.94. The van der Waals surface area contributed by atoms with Crippen molar-refractivity contribution in [1.29, 1.82) is 0 Å². The molecule has 0 amide bonds. The van der Waals surface area contributed by atoms with Gasteiger partial charge in [-0.3, -0.25) is 0 Å². The van der Waals surface area contributed by atoms with E-state index in [0.29, 0.717) is 34.8 Å². The van der Waals surface area contributed by atoms with E-state index >= 15 is 4.39 Å². The molecule has 0 unspecified atom stereocenters. The van der Waals surface area contributed by atoms with Gasteiger partial charge in [-0.2, -0.15) is 0 Å². The van der Waals surface area contributed by atoms with Gasteiger partial charge in [-0.05, 0) is 78.5 Å². The van der Waals surface area contributed by atoms with E-state index in [1.807, 2.05) is 30.3 Å². The molecule has 0 spiro atoms. The molecule has 0 atom stereocenters. The zero-order valence-electron chi connectivity index (χ0n) is 18.8. The Labute approximate surface area is 189 Å². The lowest BCUT2D eigenvalue weighted by Gasteiger charge is -2.27. The third kappa shape index (κ3) is 4.48. The van der Waals surface area contributed by atoms with Gasteiger partial charge in [-0.25, -0.2) is 13.2 Å². The number of halogens is 3. The van der Waals surface area contributed by atoms with Crippen LogP contribution in [0.4, 0.5) is 13.2 Å². The third-order valence-electron chi connectivity index (χ3n) is 7.05. The molecule has 1 aliphatic rings. The highest BCUT2D eigenvalue weighted by Crippen LogP contribution is 2.38. The van der Waals surface area contributed by atoms with E-state index in [1.165, 1.54) is 5.56 Å². The summed E-state index contributed by atoms with van der Waals surface area (Å²) in [6.07, 6.45) is 9.96. The zero-order valence-corrected chi connectivity index (χ0v) is 18.8. The lowest BCUT2D eigenvalue weighted by Crippen LogP contribution is -2.11. The molecule has 3 aromatic carbocycles. The Morgan fingerprint density at radius 1 is 0.875 bits per heavy atom. The molecule has 32 heavy (non-hydrogen) atoms. The fourth-order valence-electron chi connectivity index (χ4n) is 5.02. The van der Waals surface area contributed by atoms with Gasteiger partial charge in [0.05, 0.1) is 5.39 Å². The van der Waals surface area contributed by atoms with Crippen LogP contribution < -0.4 is 0 Å². The van der Waals surface area contributed by atoms with Gasteiger partial charge in [-0.1, -0.05) is 62.2 Å². The lowest BCUT2D eigenvalue weighted by molar-refractivity contribution is 0.376. The normalized spacial score (nSPS) is 18.8. The first-order valence-electron chi connectivity index (χ1n) is 11.9. The zero-order chi connectivity index (χ0) is 22.7. The minimum atomic E-state index is -1.10. The molecule has 0 aromatic heterocycles. The van der Waals surface area contributed by atoms with E-state index in [9.17, 15) is 8.78 Å². The van der Waals surface area contributed by atoms with Gasteiger partial charge in [0.25, 0.3) is 0 Å². The van der Waals surface area contributed by atoms with Crippen LogP contribution >= 0.6 is 0 Å². The van der Waals surface area contributed by atoms with Crippen LogP contribution in [0.3, 0.4) is 0 Å². The van der Waals surface area contributed by atoms with E-state index in [2.05, 4.69) is 13.5 Å². The summed E-state index contributed by atoms with van der Waals surface area (Å²) >= 11 is 0. The highest BCUT2D eigenvalue weighted by molar-refractivity contribution is 5.89. The number of allylic oxidation sites excluding steroid dienone is 1. The van der Waals surface area contributed by atoms with Crippen molar-refractivity contribution in [1.82, 2.24) is 0 Å². The van der Waals surface area contributed by atoms with E-state index in [0.717, 1.165) is 44.9 Å². The topological polar surface area (TPSA) is 0 Å². The molecule has 3 aromatic rings. The number of hydrogen-bond donors (Lipinski definition) is 0. The molecule has 3 heteroatoms. The SMILES string of the molecule is C=CC1CCC(c2ccc(-c3cc4ccc(CCCCC)c(F)c4c(F)c3F)cc2)CC1. The number of unbranched alkanes of at least 4 members (excludes halogenated alkanes) is 2. The molecule has 0 N–H and O–H groups in total. The highest BCUT2D eigenvalue weighted by Gasteiger charge is 2.22. The van der Waals surface area contributed by atoms with Crippen LogP contribution in [-0.2, 0) is 6.42 Å². The van der Waals surface area contributed by atoms with Crippen molar-refractivity contribution < 1.29 is 13.2 Å². The van der Waals surface area contributed by atoms with Gasteiger partial charge in [0, 0.05) is 5.56 Å². The van der Waals surface area contributed by atoms with Crippen LogP contribution in [0.2, 0.25) is 0 Å². The Bertz CT molecular complexity index is 1090. The highest BCUT2D eigenvalue weighted by atomic mass is 19.2. The molecule has 1 fully saturated rings. The van der Waals surface area contributed by atoms with Crippen LogP contribution in [0, 0.1) is 23.4 Å². The molecule has 0 heterocycles. The standard InChI is InChI=1S/C29H31F3/c1-3-5-6-7-23-16-17-24-18-25(28(31)29(32)26(24)27(23)30)22-14-12-21(13-15-22)20-10-8-19(4-2)9-11-20/h4,12-20H,2-3,5-11H2,1H3. The number of aryl methyl sites for hydroxylation is 1. The van der Waals surface area contributed by atoms with Gasteiger partial charge in [0.1, 0.15) is 5.82 Å². The van der Waals surface area contributed by atoms with Crippen molar-refractivity contribution >= 4 is 10.8 Å². The van der Waals surface area contributed by atoms with Gasteiger partial charge < -0.3 is 0 Å². The first-order chi connectivity index (χ1) is 15.5. The first-order valence-corrected chi connectivity index (χ1v) is 11.9. The Kier molecular flexibility index (Phi) is 7.03. The van der Waals surface area contributed by atoms with Crippen molar-refractivity contribution in [3.63, 3.8) is 0 Å². The maximum atomic E-state index is 15.0. The number of hydrogen-bond acceptors (Lipinski definition) is 0. The van der Waals surface area contributed by atoms with E-state index in [-0.39, 0.29) is 10.9 Å². The molecule has 0 bridgehead atoms. The van der Waals surface area contributed by atoms with Crippen LogP contribution in [-0.4, -0.2) is 0 Å². The maximum Gasteiger partial charge on any atom is 0.170 e. The molecular formula is C29H31F3. The molecule has 0 saturated heterocycles. The minimum Gasteiger partial charge on any atom is -0.206 e. The van der Waals surface area contributed by atoms with Gasteiger partial charge in [-0.15, -0.1) is 6.58 Å². The summed E-state index contributed by atoms with van der Waals surface area (Å²) < 4.78 is 45.0.